The fourth-order valence-electron chi connectivity index (χ4n) is 2.99. The summed E-state index contributed by atoms with van der Waals surface area (Å²) in [5.41, 5.74) is 1.30. The standard InChI is InChI=1S/C18H19Cl3N3O3/c1-9-22-16(21)10(7-8-25)15-13-11(19)5-6-12(14(13)20)24(23(9)15)17(26)27-18(2,3)4/h5-6,25H,7-8H2,1-4H3/q+1. The number of carbonyl (C=O) groups excluding carboxylic acids is 1. The van der Waals surface area contributed by atoms with Crippen LogP contribution in [0.3, 0.4) is 0 Å². The number of nitrogens with zero attached hydrogens (tertiary/aromatic N) is 3. The molecule has 0 unspecified atom stereocenters. The van der Waals surface area contributed by atoms with E-state index in [0.717, 1.165) is 0 Å². The van der Waals surface area contributed by atoms with Crippen LogP contribution in [0.4, 0.5) is 10.5 Å². The maximum atomic E-state index is 13.0. The lowest BCUT2D eigenvalue weighted by molar-refractivity contribution is -0.675. The number of fused-ring (bicyclic) bond motifs is 4. The number of aliphatic hydroxyl groups excluding tert-OH is 1. The predicted octanol–water partition coefficient (Wildman–Crippen LogP) is 4.36. The number of rotatable bonds is 2. The number of aliphatic hydroxyl groups is 1. The molecule has 0 spiro atoms. The number of ether oxygens (including phenoxy) is 1. The summed E-state index contributed by atoms with van der Waals surface area (Å²) < 4.78 is 7.14. The molecule has 27 heavy (non-hydrogen) atoms. The molecular formula is C18H19Cl3N3O3+. The maximum absolute atomic E-state index is 13.0. The Balaban J connectivity index is 2.37. The van der Waals surface area contributed by atoms with E-state index in [1.807, 2.05) is 0 Å². The van der Waals surface area contributed by atoms with Gasteiger partial charge in [-0.15, -0.1) is 9.69 Å². The molecule has 6 nitrogen and oxygen atoms in total. The van der Waals surface area contributed by atoms with Crippen LogP contribution in [0, 0.1) is 6.92 Å². The molecule has 1 aliphatic rings. The molecule has 0 atom stereocenters. The van der Waals surface area contributed by atoms with Crippen molar-refractivity contribution < 1.29 is 19.3 Å². The minimum Gasteiger partial charge on any atom is -0.441 e. The summed E-state index contributed by atoms with van der Waals surface area (Å²) in [5.74, 6) is 0.446. The van der Waals surface area contributed by atoms with Crippen molar-refractivity contribution in [3.8, 4) is 11.3 Å². The van der Waals surface area contributed by atoms with Crippen molar-refractivity contribution in [1.82, 2.24) is 4.98 Å². The highest BCUT2D eigenvalue weighted by atomic mass is 35.5. The minimum atomic E-state index is -0.710. The van der Waals surface area contributed by atoms with Gasteiger partial charge in [-0.25, -0.2) is 4.79 Å². The molecule has 1 aromatic heterocycles. The summed E-state index contributed by atoms with van der Waals surface area (Å²) >= 11 is 19.3. The first-order valence-corrected chi connectivity index (χ1v) is 9.44. The first-order valence-electron chi connectivity index (χ1n) is 8.30. The first kappa shape index (κ1) is 20.1. The lowest BCUT2D eigenvalue weighted by Crippen LogP contribution is -2.63. The third-order valence-corrected chi connectivity index (χ3v) is 4.99. The normalized spacial score (nSPS) is 12.8. The van der Waals surface area contributed by atoms with Crippen molar-refractivity contribution in [1.29, 1.82) is 0 Å². The summed E-state index contributed by atoms with van der Waals surface area (Å²) in [5, 5.41) is 11.7. The van der Waals surface area contributed by atoms with Crippen molar-refractivity contribution in [2.75, 3.05) is 11.6 Å². The van der Waals surface area contributed by atoms with Gasteiger partial charge in [0, 0.05) is 20.0 Å². The molecule has 0 saturated heterocycles. The van der Waals surface area contributed by atoms with Gasteiger partial charge in [0.2, 0.25) is 5.15 Å². The van der Waals surface area contributed by atoms with Crippen LogP contribution < -0.4 is 9.69 Å². The highest BCUT2D eigenvalue weighted by Crippen LogP contribution is 2.45. The number of anilines is 1. The number of amides is 1. The highest BCUT2D eigenvalue weighted by molar-refractivity contribution is 6.41. The summed E-state index contributed by atoms with van der Waals surface area (Å²) in [6.07, 6.45) is -0.397. The zero-order chi connectivity index (χ0) is 20.1. The fourth-order valence-corrected chi connectivity index (χ4v) is 3.93. The van der Waals surface area contributed by atoms with Gasteiger partial charge in [-0.05, 0) is 49.5 Å². The monoisotopic (exact) mass is 430 g/mol. The van der Waals surface area contributed by atoms with Crippen molar-refractivity contribution in [3.05, 3.63) is 38.7 Å². The van der Waals surface area contributed by atoms with E-state index in [-0.39, 0.29) is 18.2 Å². The van der Waals surface area contributed by atoms with E-state index in [1.165, 1.54) is 5.01 Å². The molecular weight excluding hydrogens is 413 g/mol. The van der Waals surface area contributed by atoms with Crippen molar-refractivity contribution >= 4 is 46.6 Å². The first-order chi connectivity index (χ1) is 12.6. The Morgan fingerprint density at radius 2 is 1.96 bits per heavy atom. The Morgan fingerprint density at radius 1 is 1.30 bits per heavy atom. The fraction of sp³-hybridized carbons (Fsp3) is 0.389. The van der Waals surface area contributed by atoms with Gasteiger partial charge in [0.25, 0.3) is 0 Å². The third-order valence-electron chi connectivity index (χ3n) is 3.98. The molecule has 0 saturated carbocycles. The van der Waals surface area contributed by atoms with Gasteiger partial charge in [-0.3, -0.25) is 0 Å². The molecule has 144 valence electrons. The van der Waals surface area contributed by atoms with E-state index >= 15 is 0 Å². The van der Waals surface area contributed by atoms with E-state index < -0.39 is 11.7 Å². The van der Waals surface area contributed by atoms with E-state index in [2.05, 4.69) is 4.98 Å². The summed E-state index contributed by atoms with van der Waals surface area (Å²) in [6.45, 7) is 6.89. The zero-order valence-corrected chi connectivity index (χ0v) is 17.6. The van der Waals surface area contributed by atoms with Gasteiger partial charge < -0.3 is 9.84 Å². The summed E-state index contributed by atoms with van der Waals surface area (Å²) in [7, 11) is 0. The molecule has 0 aliphatic carbocycles. The SMILES string of the molecule is Cc1nc(Cl)c(CCO)c2[n+]1N(C(=O)OC(C)(C)C)c1ccc(Cl)c-2c1Cl. The topological polar surface area (TPSA) is 66.5 Å². The average molecular weight is 432 g/mol. The predicted molar refractivity (Wildman–Crippen MR) is 105 cm³/mol. The molecule has 0 radical (unpaired) electrons. The number of halogens is 3. The van der Waals surface area contributed by atoms with Gasteiger partial charge in [0.05, 0.1) is 21.2 Å². The van der Waals surface area contributed by atoms with Crippen molar-refractivity contribution in [2.45, 2.75) is 39.7 Å². The number of hydrogen-bond acceptors (Lipinski definition) is 4. The molecule has 0 fully saturated rings. The second-order valence-corrected chi connectivity index (χ2v) is 8.25. The van der Waals surface area contributed by atoms with Crippen LogP contribution in [-0.2, 0) is 11.2 Å². The highest BCUT2D eigenvalue weighted by Gasteiger charge is 2.42. The zero-order valence-electron chi connectivity index (χ0n) is 15.3. The number of aryl methyl sites for hydroxylation is 1. The quantitative estimate of drug-likeness (QED) is 0.567. The Hall–Kier alpha value is -1.60. The molecule has 9 heteroatoms. The van der Waals surface area contributed by atoms with Crippen molar-refractivity contribution in [2.24, 2.45) is 0 Å². The molecule has 2 bridgehead atoms. The number of aromatic nitrogens is 2. The Labute approximate surface area is 172 Å². The van der Waals surface area contributed by atoms with Crippen molar-refractivity contribution in [3.63, 3.8) is 0 Å². The number of hydrogen-bond donors (Lipinski definition) is 1. The third kappa shape index (κ3) is 3.47. The number of carbonyl (C=O) groups is 1. The minimum absolute atomic E-state index is 0.154. The smallest absolute Gasteiger partial charge is 0.441 e. The lowest BCUT2D eigenvalue weighted by atomic mass is 10.0. The van der Waals surface area contributed by atoms with Crippen LogP contribution in [-0.4, -0.2) is 28.4 Å². The van der Waals surface area contributed by atoms with E-state index in [4.69, 9.17) is 39.5 Å². The van der Waals surface area contributed by atoms with Gasteiger partial charge >= 0.3 is 11.9 Å². The molecule has 1 amide bonds. The molecule has 2 aromatic rings. The van der Waals surface area contributed by atoms with E-state index in [0.29, 0.717) is 38.4 Å². The summed E-state index contributed by atoms with van der Waals surface area (Å²) in [4.78, 5) is 17.3. The molecule has 1 aromatic carbocycles. The maximum Gasteiger partial charge on any atom is 0.451 e. The lowest BCUT2D eigenvalue weighted by Gasteiger charge is -2.31. The Bertz CT molecular complexity index is 942. The van der Waals surface area contributed by atoms with Gasteiger partial charge in [0.15, 0.2) is 5.69 Å². The Morgan fingerprint density at radius 3 is 2.56 bits per heavy atom. The van der Waals surface area contributed by atoms with Gasteiger partial charge in [-0.2, -0.15) is 0 Å². The average Bonchev–Trinajstić information content (AvgIpc) is 2.52. The molecule has 1 N–H and O–H groups in total. The van der Waals surface area contributed by atoms with Crippen LogP contribution in [0.2, 0.25) is 15.2 Å². The second-order valence-electron chi connectivity index (χ2n) is 7.11. The summed E-state index contributed by atoms with van der Waals surface area (Å²) in [6, 6.07) is 3.30. The largest absolute Gasteiger partial charge is 0.451 e. The van der Waals surface area contributed by atoms with Gasteiger partial charge in [0.1, 0.15) is 11.3 Å². The molecule has 2 heterocycles. The number of benzene rings is 1. The van der Waals surface area contributed by atoms with Crippen LogP contribution in [0.25, 0.3) is 11.3 Å². The van der Waals surface area contributed by atoms with Crippen LogP contribution in [0.1, 0.15) is 32.2 Å². The second kappa shape index (κ2) is 7.09. The molecule has 3 rings (SSSR count). The van der Waals surface area contributed by atoms with E-state index in [9.17, 15) is 9.90 Å². The Kier molecular flexibility index (Phi) is 5.29. The van der Waals surface area contributed by atoms with Crippen LogP contribution >= 0.6 is 34.8 Å². The van der Waals surface area contributed by atoms with Crippen LogP contribution in [0.5, 0.6) is 0 Å². The van der Waals surface area contributed by atoms with Crippen LogP contribution in [0.15, 0.2) is 12.1 Å². The molecule has 1 aliphatic heterocycles. The van der Waals surface area contributed by atoms with E-state index in [1.54, 1.807) is 44.5 Å². The van der Waals surface area contributed by atoms with Gasteiger partial charge in [-0.1, -0.05) is 23.2 Å².